The Bertz CT molecular complexity index is 1020. The summed E-state index contributed by atoms with van der Waals surface area (Å²) in [5, 5.41) is 12.2. The van der Waals surface area contributed by atoms with Crippen LogP contribution in [0, 0.1) is 11.8 Å². The maximum Gasteiger partial charge on any atom is 0.407 e. The number of carbonyl (C=O) groups is 3. The lowest BCUT2D eigenvalue weighted by atomic mass is 9.98. The van der Waals surface area contributed by atoms with Gasteiger partial charge in [-0.25, -0.2) is 4.79 Å². The molecule has 3 unspecified atom stereocenters. The molecule has 3 atom stereocenters. The molecule has 2 aliphatic rings. The fourth-order valence-corrected chi connectivity index (χ4v) is 5.35. The standard InChI is InChI=1S/C27H32N2O5/c1-3-24-22(26(31)32)12-13-29(24)25(30)14-17(2)15-28-27(33)34-16-23-20-10-6-4-8-18(20)19-9-5-7-11-21(19)23/h4-11,17,22-24H,3,12-16H2,1-2H3,(H,28,33)(H,31,32). The predicted molar refractivity (Wildman–Crippen MR) is 128 cm³/mol. The van der Waals surface area contributed by atoms with E-state index in [9.17, 15) is 19.5 Å². The lowest BCUT2D eigenvalue weighted by molar-refractivity contribution is -0.143. The highest BCUT2D eigenvalue weighted by atomic mass is 16.5. The van der Waals surface area contributed by atoms with Crippen molar-refractivity contribution in [1.82, 2.24) is 10.2 Å². The summed E-state index contributed by atoms with van der Waals surface area (Å²) >= 11 is 0. The first-order valence-electron chi connectivity index (χ1n) is 12.0. The molecule has 1 fully saturated rings. The van der Waals surface area contributed by atoms with Gasteiger partial charge in [-0.2, -0.15) is 0 Å². The van der Waals surface area contributed by atoms with Gasteiger partial charge in [0.15, 0.2) is 0 Å². The number of alkyl carbamates (subject to hydrolysis) is 1. The first-order chi connectivity index (χ1) is 16.4. The second-order valence-corrected chi connectivity index (χ2v) is 9.31. The van der Waals surface area contributed by atoms with Crippen molar-refractivity contribution in [2.24, 2.45) is 11.8 Å². The Morgan fingerprint density at radius 1 is 1.09 bits per heavy atom. The number of benzene rings is 2. The Hall–Kier alpha value is -3.35. The summed E-state index contributed by atoms with van der Waals surface area (Å²) in [6.07, 6.45) is 0.868. The molecule has 0 spiro atoms. The number of aliphatic carboxylic acids is 1. The van der Waals surface area contributed by atoms with Crippen LogP contribution >= 0.6 is 0 Å². The second-order valence-electron chi connectivity index (χ2n) is 9.31. The highest BCUT2D eigenvalue weighted by Gasteiger charge is 2.40. The predicted octanol–water partition coefficient (Wildman–Crippen LogP) is 4.26. The minimum absolute atomic E-state index is 0.000441. The lowest BCUT2D eigenvalue weighted by Crippen LogP contribution is -2.40. The molecule has 1 aliphatic heterocycles. The Labute approximate surface area is 200 Å². The molecule has 7 nitrogen and oxygen atoms in total. The zero-order chi connectivity index (χ0) is 24.2. The van der Waals surface area contributed by atoms with E-state index in [0.717, 1.165) is 11.1 Å². The van der Waals surface area contributed by atoms with Crippen molar-refractivity contribution in [3.8, 4) is 11.1 Å². The van der Waals surface area contributed by atoms with Crippen LogP contribution in [0.5, 0.6) is 0 Å². The number of amides is 2. The van der Waals surface area contributed by atoms with Crippen molar-refractivity contribution in [3.63, 3.8) is 0 Å². The number of fused-ring (bicyclic) bond motifs is 3. The molecule has 0 bridgehead atoms. The van der Waals surface area contributed by atoms with Gasteiger partial charge >= 0.3 is 12.1 Å². The number of carboxylic acid groups (broad SMARTS) is 1. The van der Waals surface area contributed by atoms with Gasteiger partial charge in [-0.05, 0) is 41.0 Å². The SMILES string of the molecule is CCC1C(C(=O)O)CCN1C(=O)CC(C)CNC(=O)OCC1c2ccccc2-c2ccccc21. The van der Waals surface area contributed by atoms with E-state index in [1.807, 2.05) is 38.1 Å². The van der Waals surface area contributed by atoms with Crippen molar-refractivity contribution >= 4 is 18.0 Å². The summed E-state index contributed by atoms with van der Waals surface area (Å²) in [5.41, 5.74) is 4.67. The van der Waals surface area contributed by atoms with Crippen molar-refractivity contribution in [1.29, 1.82) is 0 Å². The van der Waals surface area contributed by atoms with Crippen LogP contribution in [0.3, 0.4) is 0 Å². The highest BCUT2D eigenvalue weighted by molar-refractivity contribution is 5.80. The number of likely N-dealkylation sites (tertiary alicyclic amines) is 1. The Morgan fingerprint density at radius 2 is 1.71 bits per heavy atom. The summed E-state index contributed by atoms with van der Waals surface area (Å²) in [6.45, 7) is 4.84. The van der Waals surface area contributed by atoms with Crippen molar-refractivity contribution < 1.29 is 24.2 Å². The molecule has 0 aromatic heterocycles. The molecule has 2 aromatic carbocycles. The second kappa shape index (κ2) is 10.3. The number of rotatable bonds is 8. The van der Waals surface area contributed by atoms with Gasteiger partial charge in [-0.3, -0.25) is 9.59 Å². The number of hydrogen-bond acceptors (Lipinski definition) is 4. The summed E-state index contributed by atoms with van der Waals surface area (Å²) < 4.78 is 5.56. The minimum Gasteiger partial charge on any atom is -0.481 e. The van der Waals surface area contributed by atoms with E-state index in [4.69, 9.17) is 4.74 Å². The maximum atomic E-state index is 12.8. The molecule has 34 heavy (non-hydrogen) atoms. The molecular formula is C27H32N2O5. The van der Waals surface area contributed by atoms with Crippen LogP contribution < -0.4 is 5.32 Å². The number of nitrogens with zero attached hydrogens (tertiary/aromatic N) is 1. The quantitative estimate of drug-likeness (QED) is 0.609. The molecule has 0 saturated carbocycles. The van der Waals surface area contributed by atoms with Gasteiger partial charge in [0.25, 0.3) is 0 Å². The zero-order valence-corrected chi connectivity index (χ0v) is 19.7. The van der Waals surface area contributed by atoms with Gasteiger partial charge < -0.3 is 20.1 Å². The Balaban J connectivity index is 1.26. The van der Waals surface area contributed by atoms with Crippen LogP contribution in [-0.2, 0) is 14.3 Å². The summed E-state index contributed by atoms with van der Waals surface area (Å²) in [4.78, 5) is 38.3. The van der Waals surface area contributed by atoms with Crippen LogP contribution in [0.4, 0.5) is 4.79 Å². The molecule has 2 aromatic rings. The van der Waals surface area contributed by atoms with Gasteiger partial charge in [-0.15, -0.1) is 0 Å². The lowest BCUT2D eigenvalue weighted by Gasteiger charge is -2.27. The summed E-state index contributed by atoms with van der Waals surface area (Å²) in [7, 11) is 0. The molecule has 7 heteroatoms. The van der Waals surface area contributed by atoms with E-state index >= 15 is 0 Å². The van der Waals surface area contributed by atoms with E-state index < -0.39 is 18.0 Å². The van der Waals surface area contributed by atoms with Crippen LogP contribution in [-0.4, -0.2) is 53.7 Å². The topological polar surface area (TPSA) is 95.9 Å². The first kappa shape index (κ1) is 23.8. The average Bonchev–Trinajstić information content (AvgIpc) is 3.41. The van der Waals surface area contributed by atoms with Crippen LogP contribution in [0.2, 0.25) is 0 Å². The smallest absolute Gasteiger partial charge is 0.407 e. The number of nitrogens with one attached hydrogen (secondary N) is 1. The van der Waals surface area contributed by atoms with E-state index in [0.29, 0.717) is 25.9 Å². The van der Waals surface area contributed by atoms with E-state index in [1.165, 1.54) is 11.1 Å². The molecule has 1 heterocycles. The third-order valence-electron chi connectivity index (χ3n) is 7.06. The maximum absolute atomic E-state index is 12.8. The van der Waals surface area contributed by atoms with Gasteiger partial charge in [0.1, 0.15) is 6.61 Å². The zero-order valence-electron chi connectivity index (χ0n) is 19.7. The number of ether oxygens (including phenoxy) is 1. The molecular weight excluding hydrogens is 432 g/mol. The normalized spacial score (nSPS) is 19.9. The average molecular weight is 465 g/mol. The summed E-state index contributed by atoms with van der Waals surface area (Å²) in [6, 6.07) is 16.1. The van der Waals surface area contributed by atoms with Crippen molar-refractivity contribution in [3.05, 3.63) is 59.7 Å². The highest BCUT2D eigenvalue weighted by Crippen LogP contribution is 2.44. The third-order valence-corrected chi connectivity index (χ3v) is 7.06. The van der Waals surface area contributed by atoms with Gasteiger partial charge in [0.05, 0.1) is 5.92 Å². The van der Waals surface area contributed by atoms with E-state index in [-0.39, 0.29) is 36.8 Å². The molecule has 1 aliphatic carbocycles. The Kier molecular flexibility index (Phi) is 7.20. The van der Waals surface area contributed by atoms with Crippen LogP contribution in [0.25, 0.3) is 11.1 Å². The fourth-order valence-electron chi connectivity index (χ4n) is 5.35. The van der Waals surface area contributed by atoms with E-state index in [2.05, 4.69) is 29.6 Å². The summed E-state index contributed by atoms with van der Waals surface area (Å²) in [5.74, 6) is -1.48. The Morgan fingerprint density at radius 3 is 2.29 bits per heavy atom. The van der Waals surface area contributed by atoms with Gasteiger partial charge in [0, 0.05) is 31.5 Å². The molecule has 1 saturated heterocycles. The number of hydrogen-bond donors (Lipinski definition) is 2. The van der Waals surface area contributed by atoms with Crippen LogP contribution in [0.15, 0.2) is 48.5 Å². The molecule has 4 rings (SSSR count). The monoisotopic (exact) mass is 464 g/mol. The van der Waals surface area contributed by atoms with Crippen molar-refractivity contribution in [2.45, 2.75) is 45.1 Å². The first-order valence-corrected chi connectivity index (χ1v) is 12.0. The minimum atomic E-state index is -0.841. The van der Waals surface area contributed by atoms with Gasteiger partial charge in [0.2, 0.25) is 5.91 Å². The number of carbonyl (C=O) groups excluding carboxylic acids is 2. The van der Waals surface area contributed by atoms with Crippen molar-refractivity contribution in [2.75, 3.05) is 19.7 Å². The van der Waals surface area contributed by atoms with Gasteiger partial charge in [-0.1, -0.05) is 62.4 Å². The molecule has 2 amide bonds. The fraction of sp³-hybridized carbons (Fsp3) is 0.444. The van der Waals surface area contributed by atoms with Crippen LogP contribution in [0.1, 0.15) is 50.2 Å². The molecule has 0 radical (unpaired) electrons. The molecule has 180 valence electrons. The largest absolute Gasteiger partial charge is 0.481 e. The van der Waals surface area contributed by atoms with E-state index in [1.54, 1.807) is 4.90 Å². The third kappa shape index (κ3) is 4.79. The number of carboxylic acids is 1. The molecule has 2 N–H and O–H groups in total.